The summed E-state index contributed by atoms with van der Waals surface area (Å²) in [5.74, 6) is 1.64. The van der Waals surface area contributed by atoms with Gasteiger partial charge in [-0.25, -0.2) is 4.39 Å². The SMILES string of the molecule is FC1CC2(C1)CN(CC1CCOc3ccccc31)C2. The summed E-state index contributed by atoms with van der Waals surface area (Å²) >= 11 is 0. The Bertz CT molecular complexity index is 475. The molecule has 1 aromatic rings. The van der Waals surface area contributed by atoms with Crippen molar-refractivity contribution >= 4 is 0 Å². The maximum atomic E-state index is 13.0. The van der Waals surface area contributed by atoms with Crippen LogP contribution in [0.4, 0.5) is 4.39 Å². The summed E-state index contributed by atoms with van der Waals surface area (Å²) < 4.78 is 18.7. The van der Waals surface area contributed by atoms with Gasteiger partial charge in [0.2, 0.25) is 0 Å². The van der Waals surface area contributed by atoms with Gasteiger partial charge in [-0.2, -0.15) is 0 Å². The van der Waals surface area contributed by atoms with Crippen molar-refractivity contribution < 1.29 is 9.13 Å². The van der Waals surface area contributed by atoms with Crippen LogP contribution in [0.2, 0.25) is 0 Å². The van der Waals surface area contributed by atoms with Gasteiger partial charge in [0.25, 0.3) is 0 Å². The van der Waals surface area contributed by atoms with E-state index in [0.29, 0.717) is 11.3 Å². The quantitative estimate of drug-likeness (QED) is 0.811. The molecule has 1 unspecified atom stereocenters. The minimum atomic E-state index is -0.522. The smallest absolute Gasteiger partial charge is 0.122 e. The lowest BCUT2D eigenvalue weighted by Gasteiger charge is -2.58. The second-order valence-corrected chi connectivity index (χ2v) is 6.55. The largest absolute Gasteiger partial charge is 0.493 e. The van der Waals surface area contributed by atoms with Crippen LogP contribution in [0.5, 0.6) is 5.75 Å². The monoisotopic (exact) mass is 261 g/mol. The summed E-state index contributed by atoms with van der Waals surface area (Å²) in [4.78, 5) is 2.50. The van der Waals surface area contributed by atoms with Crippen LogP contribution in [0.25, 0.3) is 0 Å². The lowest BCUT2D eigenvalue weighted by atomic mass is 9.62. The van der Waals surface area contributed by atoms with E-state index in [1.165, 1.54) is 5.56 Å². The summed E-state index contributed by atoms with van der Waals surface area (Å²) in [6.07, 6.45) is 2.18. The molecular formula is C16H20FNO. The van der Waals surface area contributed by atoms with Gasteiger partial charge in [-0.1, -0.05) is 18.2 Å². The molecule has 1 spiro atoms. The van der Waals surface area contributed by atoms with Gasteiger partial charge in [-0.05, 0) is 30.9 Å². The van der Waals surface area contributed by atoms with E-state index in [-0.39, 0.29) is 0 Å². The van der Waals surface area contributed by atoms with Gasteiger partial charge in [0.05, 0.1) is 6.61 Å². The normalized spacial score (nSPS) is 29.2. The van der Waals surface area contributed by atoms with Gasteiger partial charge in [-0.15, -0.1) is 0 Å². The van der Waals surface area contributed by atoms with E-state index in [2.05, 4.69) is 23.1 Å². The van der Waals surface area contributed by atoms with Crippen molar-refractivity contribution in [2.45, 2.75) is 31.4 Å². The Morgan fingerprint density at radius 1 is 1.26 bits per heavy atom. The fourth-order valence-electron chi connectivity index (χ4n) is 4.09. The molecule has 0 radical (unpaired) electrons. The first-order valence-corrected chi connectivity index (χ1v) is 7.32. The molecule has 1 saturated carbocycles. The number of ether oxygens (including phenoxy) is 1. The molecule has 4 rings (SSSR count). The zero-order chi connectivity index (χ0) is 12.9. The molecule has 0 N–H and O–H groups in total. The maximum absolute atomic E-state index is 13.0. The van der Waals surface area contributed by atoms with Gasteiger partial charge in [0.15, 0.2) is 0 Å². The van der Waals surface area contributed by atoms with E-state index in [4.69, 9.17) is 4.74 Å². The number of para-hydroxylation sites is 1. The minimum absolute atomic E-state index is 0.351. The van der Waals surface area contributed by atoms with Crippen LogP contribution in [0, 0.1) is 5.41 Å². The number of nitrogens with zero attached hydrogens (tertiary/aromatic N) is 1. The molecule has 1 atom stereocenters. The van der Waals surface area contributed by atoms with Gasteiger partial charge >= 0.3 is 0 Å². The fourth-order valence-corrected chi connectivity index (χ4v) is 4.09. The van der Waals surface area contributed by atoms with E-state index in [0.717, 1.165) is 51.3 Å². The van der Waals surface area contributed by atoms with Crippen molar-refractivity contribution in [1.29, 1.82) is 0 Å². The third-order valence-electron chi connectivity index (χ3n) is 4.99. The van der Waals surface area contributed by atoms with Crippen molar-refractivity contribution in [2.75, 3.05) is 26.2 Å². The second-order valence-electron chi connectivity index (χ2n) is 6.55. The number of hydrogen-bond acceptors (Lipinski definition) is 2. The third kappa shape index (κ3) is 1.95. The molecule has 1 saturated heterocycles. The van der Waals surface area contributed by atoms with Crippen LogP contribution in [0.15, 0.2) is 24.3 Å². The van der Waals surface area contributed by atoms with Crippen LogP contribution in [0.3, 0.4) is 0 Å². The van der Waals surface area contributed by atoms with Gasteiger partial charge in [0, 0.05) is 31.0 Å². The zero-order valence-corrected chi connectivity index (χ0v) is 11.1. The highest BCUT2D eigenvalue weighted by atomic mass is 19.1. The van der Waals surface area contributed by atoms with Crippen LogP contribution < -0.4 is 4.74 Å². The van der Waals surface area contributed by atoms with Crippen molar-refractivity contribution in [3.8, 4) is 5.75 Å². The number of rotatable bonds is 2. The van der Waals surface area contributed by atoms with Crippen LogP contribution in [-0.2, 0) is 0 Å². The Labute approximate surface area is 113 Å². The number of benzene rings is 1. The predicted octanol–water partition coefficient (Wildman–Crippen LogP) is 2.99. The molecule has 3 heteroatoms. The van der Waals surface area contributed by atoms with E-state index >= 15 is 0 Å². The Kier molecular flexibility index (Phi) is 2.59. The van der Waals surface area contributed by atoms with Gasteiger partial charge < -0.3 is 9.64 Å². The Balaban J connectivity index is 1.40. The highest BCUT2D eigenvalue weighted by Crippen LogP contribution is 2.50. The molecule has 3 aliphatic rings. The molecule has 0 bridgehead atoms. The van der Waals surface area contributed by atoms with E-state index in [1.807, 2.05) is 6.07 Å². The molecule has 0 aromatic heterocycles. The summed E-state index contributed by atoms with van der Waals surface area (Å²) in [7, 11) is 0. The number of likely N-dealkylation sites (tertiary alicyclic amines) is 1. The molecule has 102 valence electrons. The molecule has 1 aromatic carbocycles. The number of alkyl halides is 1. The Hall–Kier alpha value is -1.09. The average molecular weight is 261 g/mol. The van der Waals surface area contributed by atoms with Gasteiger partial charge in [0.1, 0.15) is 11.9 Å². The van der Waals surface area contributed by atoms with E-state index in [1.54, 1.807) is 0 Å². The lowest BCUT2D eigenvalue weighted by Crippen LogP contribution is -2.63. The minimum Gasteiger partial charge on any atom is -0.493 e. The molecule has 19 heavy (non-hydrogen) atoms. The van der Waals surface area contributed by atoms with Crippen LogP contribution in [0.1, 0.15) is 30.7 Å². The summed E-state index contributed by atoms with van der Waals surface area (Å²) in [5, 5.41) is 0. The van der Waals surface area contributed by atoms with Crippen molar-refractivity contribution in [3.05, 3.63) is 29.8 Å². The highest BCUT2D eigenvalue weighted by molar-refractivity contribution is 5.38. The van der Waals surface area contributed by atoms with Crippen LogP contribution >= 0.6 is 0 Å². The first-order chi connectivity index (χ1) is 9.24. The van der Waals surface area contributed by atoms with E-state index < -0.39 is 6.17 Å². The topological polar surface area (TPSA) is 12.5 Å². The van der Waals surface area contributed by atoms with Gasteiger partial charge in [-0.3, -0.25) is 0 Å². The van der Waals surface area contributed by atoms with Crippen molar-refractivity contribution in [3.63, 3.8) is 0 Å². The fraction of sp³-hybridized carbons (Fsp3) is 0.625. The zero-order valence-electron chi connectivity index (χ0n) is 11.1. The molecule has 1 aliphatic carbocycles. The average Bonchev–Trinajstić information content (AvgIpc) is 2.35. The molecule has 2 fully saturated rings. The predicted molar refractivity (Wildman–Crippen MR) is 72.3 cm³/mol. The molecule has 2 aliphatic heterocycles. The van der Waals surface area contributed by atoms with Crippen molar-refractivity contribution in [1.82, 2.24) is 4.90 Å². The first-order valence-electron chi connectivity index (χ1n) is 7.32. The molecular weight excluding hydrogens is 241 g/mol. The summed E-state index contributed by atoms with van der Waals surface area (Å²) in [6.45, 7) is 4.15. The maximum Gasteiger partial charge on any atom is 0.122 e. The van der Waals surface area contributed by atoms with E-state index in [9.17, 15) is 4.39 Å². The third-order valence-corrected chi connectivity index (χ3v) is 4.99. The highest BCUT2D eigenvalue weighted by Gasteiger charge is 2.52. The number of fused-ring (bicyclic) bond motifs is 1. The Morgan fingerprint density at radius 2 is 2.05 bits per heavy atom. The molecule has 2 nitrogen and oxygen atoms in total. The summed E-state index contributed by atoms with van der Waals surface area (Å²) in [6, 6.07) is 8.39. The Morgan fingerprint density at radius 3 is 2.84 bits per heavy atom. The summed E-state index contributed by atoms with van der Waals surface area (Å²) in [5.41, 5.74) is 1.70. The molecule has 0 amide bonds. The van der Waals surface area contributed by atoms with Crippen LogP contribution in [-0.4, -0.2) is 37.3 Å². The lowest BCUT2D eigenvalue weighted by molar-refractivity contribution is -0.104. The molecule has 2 heterocycles. The second kappa shape index (κ2) is 4.20. The van der Waals surface area contributed by atoms with Crippen molar-refractivity contribution in [2.24, 2.45) is 5.41 Å². The number of halogens is 1. The first kappa shape index (κ1) is 11.7. The number of hydrogen-bond donors (Lipinski definition) is 0. The standard InChI is InChI=1S/C16H20FNO/c17-13-7-16(8-13)10-18(11-16)9-12-5-6-19-15-4-2-1-3-14(12)15/h1-4,12-13H,5-11H2.